The highest BCUT2D eigenvalue weighted by molar-refractivity contribution is 8.28. The van der Waals surface area contributed by atoms with Crippen LogP contribution < -0.4 is 0 Å². The van der Waals surface area contributed by atoms with E-state index >= 15 is 0 Å². The maximum Gasteiger partial charge on any atom is 0.237 e. The van der Waals surface area contributed by atoms with Gasteiger partial charge in [-0.2, -0.15) is 4.15 Å². The van der Waals surface area contributed by atoms with E-state index in [4.69, 9.17) is 33.7 Å². The van der Waals surface area contributed by atoms with Gasteiger partial charge >= 0.3 is 0 Å². The van der Waals surface area contributed by atoms with Crippen molar-refractivity contribution in [2.45, 2.75) is 19.8 Å². The van der Waals surface area contributed by atoms with Gasteiger partial charge in [0.15, 0.2) is 0 Å². The van der Waals surface area contributed by atoms with Crippen LogP contribution in [0.5, 0.6) is 0 Å². The summed E-state index contributed by atoms with van der Waals surface area (Å²) in [6, 6.07) is 0. The molecule has 0 aromatic carbocycles. The zero-order valence-corrected chi connectivity index (χ0v) is 9.94. The van der Waals surface area contributed by atoms with Gasteiger partial charge in [0.25, 0.3) is 0 Å². The number of rotatable bonds is 4. The van der Waals surface area contributed by atoms with Crippen LogP contribution in [0, 0.1) is 0 Å². The van der Waals surface area contributed by atoms with Crippen molar-refractivity contribution >= 4 is 49.8 Å². The lowest BCUT2D eigenvalue weighted by atomic mass is 10.4. The van der Waals surface area contributed by atoms with Crippen LogP contribution >= 0.6 is 38.8 Å². The number of halogens is 3. The van der Waals surface area contributed by atoms with E-state index in [9.17, 15) is 4.21 Å². The fraction of sp³-hybridized carbons (Fsp3) is 1.00. The molecule has 0 heterocycles. The van der Waals surface area contributed by atoms with Crippen molar-refractivity contribution < 1.29 is 4.21 Å². The van der Waals surface area contributed by atoms with E-state index in [1.165, 1.54) is 0 Å². The summed E-state index contributed by atoms with van der Waals surface area (Å²) in [5, 5.41) is -2.77. The molecule has 11 heavy (non-hydrogen) atoms. The Hall–Kier alpha value is 1.25. The van der Waals surface area contributed by atoms with Gasteiger partial charge in [0, 0.05) is 5.75 Å². The maximum atomic E-state index is 10.9. The minimum absolute atomic E-state index is 0.490. The first kappa shape index (κ1) is 12.2. The molecule has 0 saturated heterocycles. The molecule has 0 bridgehead atoms. The molecule has 0 radical (unpaired) electrons. The molecule has 7 heteroatoms. The second kappa shape index (κ2) is 5.82. The molecule has 0 N–H and O–H groups in total. The highest BCUT2D eigenvalue weighted by atomic mass is 36.0. The van der Waals surface area contributed by atoms with Crippen LogP contribution in [0.15, 0.2) is 4.15 Å². The highest BCUT2D eigenvalue weighted by Gasteiger charge is 2.08. The van der Waals surface area contributed by atoms with Crippen molar-refractivity contribution in [1.82, 2.24) is 0 Å². The molecule has 68 valence electrons. The Labute approximate surface area is 83.6 Å². The van der Waals surface area contributed by atoms with Gasteiger partial charge in [-0.15, -0.1) is 0 Å². The Kier molecular flexibility index (Phi) is 6.48. The molecule has 0 rings (SSSR count). The minimum Gasteiger partial charge on any atom is -0.235 e. The standard InChI is InChI=1S/C4H9Cl3NOPS/c1-2-3-4-11(9)8-10(5,6)7/h2-4H2,1H3. The van der Waals surface area contributed by atoms with Crippen molar-refractivity contribution in [3.63, 3.8) is 0 Å². The Balaban J connectivity index is 3.88. The van der Waals surface area contributed by atoms with Gasteiger partial charge in [0.05, 0.1) is 0 Å². The van der Waals surface area contributed by atoms with Crippen LogP contribution in [0.4, 0.5) is 0 Å². The quantitative estimate of drug-likeness (QED) is 0.696. The zero-order valence-electron chi connectivity index (χ0n) is 5.97. The van der Waals surface area contributed by atoms with Crippen LogP contribution in [0.25, 0.3) is 0 Å². The number of nitrogens with zero attached hydrogens (tertiary/aromatic N) is 1. The molecule has 0 aromatic heterocycles. The third-order valence-corrected chi connectivity index (χ3v) is 4.63. The molecule has 0 amide bonds. The molecule has 0 fully saturated rings. The monoisotopic (exact) mass is 255 g/mol. The molecule has 0 aliphatic rings. The van der Waals surface area contributed by atoms with Crippen LogP contribution in [0.1, 0.15) is 19.8 Å². The van der Waals surface area contributed by atoms with E-state index in [0.29, 0.717) is 5.75 Å². The number of hydrogen-bond acceptors (Lipinski definition) is 1. The highest BCUT2D eigenvalue weighted by Crippen LogP contribution is 2.65. The van der Waals surface area contributed by atoms with Crippen LogP contribution in [-0.4, -0.2) is 9.96 Å². The summed E-state index contributed by atoms with van der Waals surface area (Å²) in [5.74, 6) is 0.490. The summed E-state index contributed by atoms with van der Waals surface area (Å²) in [6.07, 6.45) is 1.82. The molecule has 1 unspecified atom stereocenters. The predicted octanol–water partition coefficient (Wildman–Crippen LogP) is 4.11. The van der Waals surface area contributed by atoms with Gasteiger partial charge < -0.3 is 0 Å². The Morgan fingerprint density at radius 2 is 2.00 bits per heavy atom. The summed E-state index contributed by atoms with van der Waals surface area (Å²) in [6.45, 7) is 2.00. The van der Waals surface area contributed by atoms with Gasteiger partial charge in [0.2, 0.25) is 5.11 Å². The fourth-order valence-electron chi connectivity index (χ4n) is 0.412. The molecule has 0 spiro atoms. The third-order valence-electron chi connectivity index (χ3n) is 0.856. The second-order valence-electron chi connectivity index (χ2n) is 1.88. The van der Waals surface area contributed by atoms with E-state index in [1.807, 2.05) is 6.92 Å². The molecular formula is C4H9Cl3NOPS. The van der Waals surface area contributed by atoms with Crippen LogP contribution in [0.2, 0.25) is 0 Å². The van der Waals surface area contributed by atoms with Crippen LogP contribution in [-0.2, 0) is 11.0 Å². The van der Waals surface area contributed by atoms with Gasteiger partial charge in [-0.1, -0.05) is 13.3 Å². The molecule has 0 aromatic rings. The summed E-state index contributed by atoms with van der Waals surface area (Å²) in [7, 11) is -1.31. The lowest BCUT2D eigenvalue weighted by molar-refractivity contribution is 0.681. The Morgan fingerprint density at radius 1 is 1.45 bits per heavy atom. The summed E-state index contributed by atoms with van der Waals surface area (Å²) in [5.41, 5.74) is 0. The second-order valence-corrected chi connectivity index (χ2v) is 10.4. The van der Waals surface area contributed by atoms with Gasteiger partial charge in [-0.3, -0.25) is 0 Å². The number of hydrogen-bond donors (Lipinski definition) is 0. The average Bonchev–Trinajstić information content (AvgIpc) is 1.79. The SMILES string of the molecule is CCCCS(=O)N=P(Cl)(Cl)Cl. The first-order chi connectivity index (χ1) is 4.95. The normalized spacial score (nSPS) is 14.5. The maximum absolute atomic E-state index is 10.9. The van der Waals surface area contributed by atoms with Crippen molar-refractivity contribution in [2.75, 3.05) is 5.75 Å². The van der Waals surface area contributed by atoms with E-state index in [-0.39, 0.29) is 0 Å². The van der Waals surface area contributed by atoms with Crippen molar-refractivity contribution in [3.8, 4) is 0 Å². The van der Waals surface area contributed by atoms with E-state index in [1.54, 1.807) is 0 Å². The lowest BCUT2D eigenvalue weighted by Crippen LogP contribution is -1.90. The Morgan fingerprint density at radius 3 is 2.36 bits per heavy atom. The molecule has 0 saturated carbocycles. The van der Waals surface area contributed by atoms with Gasteiger partial charge in [0.1, 0.15) is 11.0 Å². The first-order valence-electron chi connectivity index (χ1n) is 3.05. The van der Waals surface area contributed by atoms with Crippen molar-refractivity contribution in [1.29, 1.82) is 0 Å². The average molecular weight is 257 g/mol. The van der Waals surface area contributed by atoms with E-state index in [0.717, 1.165) is 12.8 Å². The molecule has 0 aliphatic carbocycles. The first-order valence-corrected chi connectivity index (χ1v) is 8.78. The topological polar surface area (TPSA) is 29.4 Å². The lowest BCUT2D eigenvalue weighted by Gasteiger charge is -1.96. The summed E-state index contributed by atoms with van der Waals surface area (Å²) >= 11 is 16.2. The van der Waals surface area contributed by atoms with Gasteiger partial charge in [-0.05, 0) is 40.1 Å². The number of unbranched alkanes of at least 4 members (excludes halogenated alkanes) is 1. The molecular weight excluding hydrogens is 247 g/mol. The Bertz CT molecular complexity index is 184. The largest absolute Gasteiger partial charge is 0.237 e. The molecule has 2 nitrogen and oxygen atoms in total. The smallest absolute Gasteiger partial charge is 0.235 e. The van der Waals surface area contributed by atoms with Crippen LogP contribution in [0.3, 0.4) is 0 Å². The molecule has 0 aliphatic heterocycles. The summed E-state index contributed by atoms with van der Waals surface area (Å²) < 4.78 is 14.5. The van der Waals surface area contributed by atoms with Crippen molar-refractivity contribution in [3.05, 3.63) is 0 Å². The van der Waals surface area contributed by atoms with E-state index < -0.39 is 16.1 Å². The summed E-state index contributed by atoms with van der Waals surface area (Å²) in [4.78, 5) is 0. The van der Waals surface area contributed by atoms with Crippen molar-refractivity contribution in [2.24, 2.45) is 4.15 Å². The predicted molar refractivity (Wildman–Crippen MR) is 54.8 cm³/mol. The molecule has 1 atom stereocenters. The zero-order chi connectivity index (χ0) is 8.91. The van der Waals surface area contributed by atoms with E-state index in [2.05, 4.69) is 4.15 Å². The third kappa shape index (κ3) is 9.16. The fourth-order valence-corrected chi connectivity index (χ4v) is 3.96. The minimum atomic E-state index is -2.77. The van der Waals surface area contributed by atoms with Gasteiger partial charge in [-0.25, -0.2) is 4.21 Å².